The first-order valence-corrected chi connectivity index (χ1v) is 9.40. The molecule has 1 aliphatic rings. The number of nitrogens with zero attached hydrogens (tertiary/aromatic N) is 1. The molecular weight excluding hydrogens is 388 g/mol. The second kappa shape index (κ2) is 9.26. The van der Waals surface area contributed by atoms with Gasteiger partial charge in [0.1, 0.15) is 11.6 Å². The van der Waals surface area contributed by atoms with E-state index < -0.39 is 6.36 Å². The van der Waals surface area contributed by atoms with Crippen molar-refractivity contribution in [3.63, 3.8) is 0 Å². The van der Waals surface area contributed by atoms with Crippen molar-refractivity contribution >= 4 is 5.91 Å². The van der Waals surface area contributed by atoms with Crippen LogP contribution in [0.3, 0.4) is 0 Å². The number of halogens is 4. The van der Waals surface area contributed by atoms with Gasteiger partial charge in [0.25, 0.3) is 0 Å². The van der Waals surface area contributed by atoms with E-state index in [1.54, 1.807) is 23.1 Å². The molecule has 4 nitrogen and oxygen atoms in total. The third kappa shape index (κ3) is 6.19. The van der Waals surface area contributed by atoms with Gasteiger partial charge in [-0.05, 0) is 43.1 Å². The summed E-state index contributed by atoms with van der Waals surface area (Å²) in [6, 6.07) is 12.1. The first kappa shape index (κ1) is 21.1. The van der Waals surface area contributed by atoms with Gasteiger partial charge in [-0.3, -0.25) is 4.79 Å². The Morgan fingerprint density at radius 2 is 1.83 bits per heavy atom. The Morgan fingerprint density at radius 1 is 1.10 bits per heavy atom. The lowest BCUT2D eigenvalue weighted by molar-refractivity contribution is -0.274. The fourth-order valence-corrected chi connectivity index (χ4v) is 3.44. The van der Waals surface area contributed by atoms with Crippen LogP contribution in [0.15, 0.2) is 48.5 Å². The zero-order valence-electron chi connectivity index (χ0n) is 15.7. The van der Waals surface area contributed by atoms with Crippen LogP contribution in [0.1, 0.15) is 30.4 Å². The molecule has 0 radical (unpaired) electrons. The highest BCUT2D eigenvalue weighted by Crippen LogP contribution is 2.26. The monoisotopic (exact) mass is 410 g/mol. The van der Waals surface area contributed by atoms with E-state index in [-0.39, 0.29) is 23.5 Å². The molecule has 8 heteroatoms. The molecule has 1 fully saturated rings. The van der Waals surface area contributed by atoms with Crippen molar-refractivity contribution in [3.05, 3.63) is 65.5 Å². The number of carbonyl (C=O) groups excluding carboxylic acids is 1. The fraction of sp³-hybridized carbons (Fsp3) is 0.381. The standard InChI is InChI=1S/C21H22F4N2O2/c22-19-4-2-1-3-16(19)13-26-12-11-17-7-10-20(28)27(17)14-15-5-8-18(9-6-15)29-21(23,24)25/h1-6,8-9,17,26H,7,10-14H2/t17-/m0/s1. The normalized spacial score (nSPS) is 17.0. The van der Waals surface area contributed by atoms with E-state index in [1.807, 2.05) is 0 Å². The Bertz CT molecular complexity index is 824. The number of carbonyl (C=O) groups is 1. The fourth-order valence-electron chi connectivity index (χ4n) is 3.44. The summed E-state index contributed by atoms with van der Waals surface area (Å²) in [4.78, 5) is 14.0. The SMILES string of the molecule is O=C1CC[C@@H](CCNCc2ccccc2F)N1Cc1ccc(OC(F)(F)F)cc1. The summed E-state index contributed by atoms with van der Waals surface area (Å²) < 4.78 is 54.2. The van der Waals surface area contributed by atoms with Gasteiger partial charge in [-0.15, -0.1) is 13.2 Å². The molecule has 1 heterocycles. The molecule has 156 valence electrons. The summed E-state index contributed by atoms with van der Waals surface area (Å²) in [6.45, 7) is 1.37. The zero-order chi connectivity index (χ0) is 20.9. The van der Waals surface area contributed by atoms with Gasteiger partial charge in [0.2, 0.25) is 5.91 Å². The van der Waals surface area contributed by atoms with Gasteiger partial charge < -0.3 is 15.0 Å². The number of rotatable bonds is 8. The van der Waals surface area contributed by atoms with E-state index in [0.717, 1.165) is 18.4 Å². The van der Waals surface area contributed by atoms with Gasteiger partial charge >= 0.3 is 6.36 Å². The quantitative estimate of drug-likeness (QED) is 0.518. The molecule has 1 amide bonds. The maximum absolute atomic E-state index is 13.6. The third-order valence-electron chi connectivity index (χ3n) is 4.89. The van der Waals surface area contributed by atoms with Crippen LogP contribution in [0.5, 0.6) is 5.75 Å². The lowest BCUT2D eigenvalue weighted by Crippen LogP contribution is -2.34. The number of nitrogens with one attached hydrogen (secondary N) is 1. The summed E-state index contributed by atoms with van der Waals surface area (Å²) in [5.41, 5.74) is 1.33. The topological polar surface area (TPSA) is 41.6 Å². The highest BCUT2D eigenvalue weighted by atomic mass is 19.4. The van der Waals surface area contributed by atoms with Crippen molar-refractivity contribution in [1.29, 1.82) is 0 Å². The van der Waals surface area contributed by atoms with E-state index >= 15 is 0 Å². The van der Waals surface area contributed by atoms with Crippen molar-refractivity contribution in [2.45, 2.75) is 44.8 Å². The molecule has 3 rings (SSSR count). The van der Waals surface area contributed by atoms with Crippen LogP contribution in [0.25, 0.3) is 0 Å². The van der Waals surface area contributed by atoms with Crippen LogP contribution in [-0.4, -0.2) is 29.8 Å². The number of alkyl halides is 3. The van der Waals surface area contributed by atoms with Gasteiger partial charge in [-0.1, -0.05) is 30.3 Å². The Balaban J connectivity index is 1.50. The molecule has 1 N–H and O–H groups in total. The first-order chi connectivity index (χ1) is 13.8. The minimum absolute atomic E-state index is 0.0275. The van der Waals surface area contributed by atoms with Gasteiger partial charge in [0, 0.05) is 31.1 Å². The zero-order valence-corrected chi connectivity index (χ0v) is 15.7. The van der Waals surface area contributed by atoms with E-state index in [1.165, 1.54) is 30.3 Å². The van der Waals surface area contributed by atoms with Gasteiger partial charge in [0.15, 0.2) is 0 Å². The summed E-state index contributed by atoms with van der Waals surface area (Å²) in [6.07, 6.45) is -2.83. The van der Waals surface area contributed by atoms with Crippen molar-refractivity contribution in [2.75, 3.05) is 6.54 Å². The average molecular weight is 410 g/mol. The first-order valence-electron chi connectivity index (χ1n) is 9.40. The molecule has 0 aromatic heterocycles. The van der Waals surface area contributed by atoms with E-state index in [4.69, 9.17) is 0 Å². The van der Waals surface area contributed by atoms with Crippen LogP contribution in [0.2, 0.25) is 0 Å². The molecule has 2 aromatic carbocycles. The smallest absolute Gasteiger partial charge is 0.406 e. The number of hydrogen-bond donors (Lipinski definition) is 1. The number of likely N-dealkylation sites (tertiary alicyclic amines) is 1. The third-order valence-corrected chi connectivity index (χ3v) is 4.89. The number of benzene rings is 2. The number of ether oxygens (including phenoxy) is 1. The minimum Gasteiger partial charge on any atom is -0.406 e. The van der Waals surface area contributed by atoms with E-state index in [9.17, 15) is 22.4 Å². The molecule has 1 saturated heterocycles. The molecule has 0 unspecified atom stereocenters. The molecular formula is C21H22F4N2O2. The van der Waals surface area contributed by atoms with E-state index in [2.05, 4.69) is 10.1 Å². The Kier molecular flexibility index (Phi) is 6.74. The van der Waals surface area contributed by atoms with Gasteiger partial charge in [-0.25, -0.2) is 4.39 Å². The largest absolute Gasteiger partial charge is 0.573 e. The van der Waals surface area contributed by atoms with Crippen LogP contribution in [0, 0.1) is 5.82 Å². The predicted octanol–water partition coefficient (Wildman–Crippen LogP) is 4.40. The van der Waals surface area contributed by atoms with Crippen LogP contribution >= 0.6 is 0 Å². The molecule has 0 bridgehead atoms. The molecule has 1 atom stereocenters. The van der Waals surface area contributed by atoms with Crippen molar-refractivity contribution in [1.82, 2.24) is 10.2 Å². The molecule has 0 spiro atoms. The lowest BCUT2D eigenvalue weighted by atomic mass is 10.1. The lowest BCUT2D eigenvalue weighted by Gasteiger charge is -2.25. The summed E-state index contributed by atoms with van der Waals surface area (Å²) in [5.74, 6) is -0.516. The molecule has 0 aliphatic carbocycles. The van der Waals surface area contributed by atoms with Crippen LogP contribution < -0.4 is 10.1 Å². The minimum atomic E-state index is -4.73. The molecule has 1 aliphatic heterocycles. The van der Waals surface area contributed by atoms with Crippen molar-refractivity contribution in [2.24, 2.45) is 0 Å². The second-order valence-electron chi connectivity index (χ2n) is 6.96. The highest BCUT2D eigenvalue weighted by Gasteiger charge is 2.32. The van der Waals surface area contributed by atoms with Crippen molar-refractivity contribution in [3.8, 4) is 5.75 Å². The predicted molar refractivity (Wildman–Crippen MR) is 99.4 cm³/mol. The number of amides is 1. The summed E-state index contributed by atoms with van der Waals surface area (Å²) >= 11 is 0. The second-order valence-corrected chi connectivity index (χ2v) is 6.96. The maximum atomic E-state index is 13.6. The average Bonchev–Trinajstić information content (AvgIpc) is 3.00. The Morgan fingerprint density at radius 3 is 2.52 bits per heavy atom. The molecule has 2 aromatic rings. The summed E-state index contributed by atoms with van der Waals surface area (Å²) in [7, 11) is 0. The Hall–Kier alpha value is -2.61. The van der Waals surface area contributed by atoms with Crippen LogP contribution in [0.4, 0.5) is 17.6 Å². The van der Waals surface area contributed by atoms with Gasteiger partial charge in [0.05, 0.1) is 0 Å². The molecule has 29 heavy (non-hydrogen) atoms. The van der Waals surface area contributed by atoms with Crippen LogP contribution in [-0.2, 0) is 17.9 Å². The van der Waals surface area contributed by atoms with E-state index in [0.29, 0.717) is 31.6 Å². The van der Waals surface area contributed by atoms with Crippen molar-refractivity contribution < 1.29 is 27.1 Å². The molecule has 0 saturated carbocycles. The summed E-state index contributed by atoms with van der Waals surface area (Å²) in [5, 5.41) is 3.20. The highest BCUT2D eigenvalue weighted by molar-refractivity contribution is 5.78. The maximum Gasteiger partial charge on any atom is 0.573 e. The number of hydrogen-bond acceptors (Lipinski definition) is 3. The van der Waals surface area contributed by atoms with Gasteiger partial charge in [-0.2, -0.15) is 0 Å². The Labute approximate surface area is 166 Å².